The SMILES string of the molecule is O=C1CC(=NC2CC(=O)N(c3ccccc3Cl)C2=O)NC(=O)N1. The van der Waals surface area contributed by atoms with E-state index in [2.05, 4.69) is 10.3 Å². The van der Waals surface area contributed by atoms with E-state index in [-0.39, 0.29) is 29.4 Å². The number of hydrogen-bond acceptors (Lipinski definition) is 5. The molecule has 0 aliphatic carbocycles. The third-order valence-electron chi connectivity index (χ3n) is 3.37. The van der Waals surface area contributed by atoms with Crippen LogP contribution in [0.3, 0.4) is 0 Å². The van der Waals surface area contributed by atoms with E-state index in [1.807, 2.05) is 5.32 Å². The van der Waals surface area contributed by atoms with Crippen molar-refractivity contribution in [2.75, 3.05) is 4.90 Å². The summed E-state index contributed by atoms with van der Waals surface area (Å²) in [7, 11) is 0. The number of rotatable bonds is 2. The summed E-state index contributed by atoms with van der Waals surface area (Å²) < 4.78 is 0. The Morgan fingerprint density at radius 3 is 2.57 bits per heavy atom. The summed E-state index contributed by atoms with van der Waals surface area (Å²) in [6, 6.07) is 4.78. The highest BCUT2D eigenvalue weighted by Crippen LogP contribution is 2.30. The van der Waals surface area contributed by atoms with Crippen molar-refractivity contribution in [2.24, 2.45) is 4.99 Å². The number of nitrogens with zero attached hydrogens (tertiary/aromatic N) is 2. The number of amides is 5. The number of urea groups is 1. The van der Waals surface area contributed by atoms with E-state index in [1.54, 1.807) is 24.3 Å². The average molecular weight is 335 g/mol. The third kappa shape index (κ3) is 2.93. The van der Waals surface area contributed by atoms with Crippen LogP contribution in [0.4, 0.5) is 10.5 Å². The standard InChI is InChI=1S/C14H11ClN4O4/c15-7-3-1-2-4-9(7)19-12(21)5-8(13(19)22)16-10-6-11(20)18-14(23)17-10/h1-4,8H,5-6H2,(H2,16,17,18,20,23). The topological polar surface area (TPSA) is 108 Å². The van der Waals surface area contributed by atoms with Crippen LogP contribution in [0.2, 0.25) is 5.02 Å². The smallest absolute Gasteiger partial charge is 0.295 e. The summed E-state index contributed by atoms with van der Waals surface area (Å²) in [5, 5.41) is 4.66. The number of hydrogen-bond donors (Lipinski definition) is 2. The first-order valence-electron chi connectivity index (χ1n) is 6.74. The van der Waals surface area contributed by atoms with Crippen molar-refractivity contribution >= 4 is 46.9 Å². The molecule has 118 valence electrons. The number of aliphatic imine (C=N–C) groups is 1. The lowest BCUT2D eigenvalue weighted by Gasteiger charge is -2.17. The molecular formula is C14H11ClN4O4. The molecule has 1 unspecified atom stereocenters. The molecule has 2 N–H and O–H groups in total. The summed E-state index contributed by atoms with van der Waals surface area (Å²) in [4.78, 5) is 52.1. The van der Waals surface area contributed by atoms with E-state index < -0.39 is 29.8 Å². The molecule has 2 aliphatic heterocycles. The predicted molar refractivity (Wildman–Crippen MR) is 81.1 cm³/mol. The molecule has 1 atom stereocenters. The van der Waals surface area contributed by atoms with Gasteiger partial charge in [-0.15, -0.1) is 0 Å². The second kappa shape index (κ2) is 5.81. The maximum atomic E-state index is 12.4. The fourth-order valence-electron chi connectivity index (χ4n) is 2.40. The summed E-state index contributed by atoms with van der Waals surface area (Å²) in [6.07, 6.45) is -0.305. The van der Waals surface area contributed by atoms with Gasteiger partial charge in [0.1, 0.15) is 11.9 Å². The van der Waals surface area contributed by atoms with Crippen molar-refractivity contribution in [3.63, 3.8) is 0 Å². The molecule has 2 heterocycles. The highest BCUT2D eigenvalue weighted by atomic mass is 35.5. The van der Waals surface area contributed by atoms with Gasteiger partial charge in [-0.3, -0.25) is 30.0 Å². The van der Waals surface area contributed by atoms with Crippen molar-refractivity contribution in [3.05, 3.63) is 29.3 Å². The van der Waals surface area contributed by atoms with Gasteiger partial charge in [0.2, 0.25) is 11.8 Å². The largest absolute Gasteiger partial charge is 0.326 e. The Balaban J connectivity index is 1.86. The minimum absolute atomic E-state index is 0.0610. The van der Waals surface area contributed by atoms with Gasteiger partial charge < -0.3 is 0 Å². The number of amidine groups is 1. The minimum Gasteiger partial charge on any atom is -0.295 e. The quantitative estimate of drug-likeness (QED) is 0.772. The molecular weight excluding hydrogens is 324 g/mol. The molecule has 2 fully saturated rings. The lowest BCUT2D eigenvalue weighted by atomic mass is 10.2. The number of imide groups is 2. The van der Waals surface area contributed by atoms with Gasteiger partial charge in [0, 0.05) is 0 Å². The van der Waals surface area contributed by atoms with Gasteiger partial charge in [-0.2, -0.15) is 0 Å². The van der Waals surface area contributed by atoms with Gasteiger partial charge in [0.15, 0.2) is 0 Å². The van der Waals surface area contributed by atoms with Gasteiger partial charge >= 0.3 is 6.03 Å². The van der Waals surface area contributed by atoms with Crippen molar-refractivity contribution in [2.45, 2.75) is 18.9 Å². The second-order valence-corrected chi connectivity index (χ2v) is 5.40. The first kappa shape index (κ1) is 15.2. The predicted octanol–water partition coefficient (Wildman–Crippen LogP) is 0.600. The van der Waals surface area contributed by atoms with Crippen LogP contribution >= 0.6 is 11.6 Å². The van der Waals surface area contributed by atoms with Gasteiger partial charge in [-0.1, -0.05) is 23.7 Å². The maximum Gasteiger partial charge on any atom is 0.326 e. The van der Waals surface area contributed by atoms with E-state index in [9.17, 15) is 19.2 Å². The number of halogens is 1. The van der Waals surface area contributed by atoms with E-state index in [4.69, 9.17) is 11.6 Å². The van der Waals surface area contributed by atoms with E-state index >= 15 is 0 Å². The summed E-state index contributed by atoms with van der Waals surface area (Å²) in [5.41, 5.74) is 0.289. The van der Waals surface area contributed by atoms with Crippen LogP contribution in [-0.2, 0) is 14.4 Å². The van der Waals surface area contributed by atoms with Gasteiger partial charge in [-0.05, 0) is 12.1 Å². The van der Waals surface area contributed by atoms with Crippen LogP contribution in [-0.4, -0.2) is 35.6 Å². The van der Waals surface area contributed by atoms with Crippen LogP contribution in [0.1, 0.15) is 12.8 Å². The van der Waals surface area contributed by atoms with E-state index in [0.717, 1.165) is 4.90 Å². The Morgan fingerprint density at radius 2 is 1.87 bits per heavy atom. The molecule has 0 spiro atoms. The molecule has 0 aromatic heterocycles. The zero-order valence-electron chi connectivity index (χ0n) is 11.7. The van der Waals surface area contributed by atoms with Crippen molar-refractivity contribution < 1.29 is 19.2 Å². The molecule has 0 saturated carbocycles. The maximum absolute atomic E-state index is 12.4. The highest BCUT2D eigenvalue weighted by Gasteiger charge is 2.40. The molecule has 8 nitrogen and oxygen atoms in total. The Labute approximate surface area is 135 Å². The monoisotopic (exact) mass is 334 g/mol. The molecule has 2 aliphatic rings. The summed E-state index contributed by atoms with van der Waals surface area (Å²) in [5.74, 6) is -1.45. The molecule has 9 heteroatoms. The van der Waals surface area contributed by atoms with Crippen molar-refractivity contribution in [1.29, 1.82) is 0 Å². The summed E-state index contributed by atoms with van der Waals surface area (Å²) in [6.45, 7) is 0. The van der Waals surface area contributed by atoms with Crippen LogP contribution in [0.25, 0.3) is 0 Å². The molecule has 1 aromatic rings. The van der Waals surface area contributed by atoms with Gasteiger partial charge in [0.05, 0.1) is 23.6 Å². The average Bonchev–Trinajstić information content (AvgIpc) is 2.73. The number of carbonyl (C=O) groups excluding carboxylic acids is 4. The zero-order chi connectivity index (χ0) is 16.6. The molecule has 5 amide bonds. The van der Waals surface area contributed by atoms with Crippen LogP contribution in [0.5, 0.6) is 0 Å². The Kier molecular flexibility index (Phi) is 3.83. The van der Waals surface area contributed by atoms with Crippen LogP contribution in [0, 0.1) is 0 Å². The molecule has 3 rings (SSSR count). The molecule has 1 aromatic carbocycles. The fourth-order valence-corrected chi connectivity index (χ4v) is 2.62. The first-order valence-corrected chi connectivity index (χ1v) is 7.12. The number of carbonyl (C=O) groups is 4. The van der Waals surface area contributed by atoms with Crippen LogP contribution < -0.4 is 15.5 Å². The number of benzene rings is 1. The van der Waals surface area contributed by atoms with E-state index in [0.29, 0.717) is 0 Å². The first-order chi connectivity index (χ1) is 11.0. The fraction of sp³-hybridized carbons (Fsp3) is 0.214. The third-order valence-corrected chi connectivity index (χ3v) is 3.69. The minimum atomic E-state index is -0.986. The number of para-hydroxylation sites is 1. The Bertz CT molecular complexity index is 743. The Hall–Kier alpha value is -2.74. The van der Waals surface area contributed by atoms with Crippen molar-refractivity contribution in [1.82, 2.24) is 10.6 Å². The summed E-state index contributed by atoms with van der Waals surface area (Å²) >= 11 is 6.02. The number of anilines is 1. The lowest BCUT2D eigenvalue weighted by molar-refractivity contribution is -0.122. The van der Waals surface area contributed by atoms with Crippen molar-refractivity contribution in [3.8, 4) is 0 Å². The number of nitrogens with one attached hydrogen (secondary N) is 2. The van der Waals surface area contributed by atoms with Gasteiger partial charge in [0.25, 0.3) is 5.91 Å². The normalized spacial score (nSPS) is 23.3. The molecule has 2 saturated heterocycles. The van der Waals surface area contributed by atoms with Crippen LogP contribution in [0.15, 0.2) is 29.3 Å². The highest BCUT2D eigenvalue weighted by molar-refractivity contribution is 6.36. The lowest BCUT2D eigenvalue weighted by Crippen LogP contribution is -2.50. The molecule has 0 bridgehead atoms. The zero-order valence-corrected chi connectivity index (χ0v) is 12.5. The molecule has 0 radical (unpaired) electrons. The van der Waals surface area contributed by atoms with E-state index in [1.165, 1.54) is 0 Å². The second-order valence-electron chi connectivity index (χ2n) is 4.99. The van der Waals surface area contributed by atoms with Gasteiger partial charge in [-0.25, -0.2) is 9.69 Å². The Morgan fingerprint density at radius 1 is 1.13 bits per heavy atom. The molecule has 23 heavy (non-hydrogen) atoms.